The molecule has 0 radical (unpaired) electrons. The van der Waals surface area contributed by atoms with Gasteiger partial charge in [0, 0.05) is 11.4 Å². The molecular weight excluding hydrogens is 522 g/mol. The molecule has 192 valence electrons. The molecule has 3 aromatic rings. The van der Waals surface area contributed by atoms with Crippen LogP contribution in [0.1, 0.15) is 29.2 Å². The summed E-state index contributed by atoms with van der Waals surface area (Å²) in [6.45, 7) is 1.89. The molecule has 1 saturated heterocycles. The number of aliphatic imine (C=N–C) groups is 1. The lowest BCUT2D eigenvalue weighted by Crippen LogP contribution is -2.29. The minimum absolute atomic E-state index is 0.152. The Kier molecular flexibility index (Phi) is 7.69. The molecule has 1 aliphatic rings. The minimum atomic E-state index is -1.05. The molecule has 0 aliphatic carbocycles. The summed E-state index contributed by atoms with van der Waals surface area (Å²) in [5.41, 5.74) is -0.0234. The van der Waals surface area contributed by atoms with Gasteiger partial charge in [-0.2, -0.15) is 0 Å². The molecule has 2 atom stereocenters. The van der Waals surface area contributed by atoms with Crippen molar-refractivity contribution in [3.8, 4) is 11.6 Å². The zero-order valence-corrected chi connectivity index (χ0v) is 21.2. The number of halogens is 1. The van der Waals surface area contributed by atoms with Crippen LogP contribution in [-0.2, 0) is 9.59 Å². The van der Waals surface area contributed by atoms with E-state index in [2.05, 4.69) is 25.6 Å². The number of thioether (sulfide) groups is 1. The lowest BCUT2D eigenvalue weighted by Gasteiger charge is -2.15. The van der Waals surface area contributed by atoms with Crippen molar-refractivity contribution in [1.82, 2.24) is 15.3 Å². The molecule has 0 bridgehead atoms. The Hall–Kier alpha value is -4.03. The highest BCUT2D eigenvalue weighted by Gasteiger charge is 2.34. The summed E-state index contributed by atoms with van der Waals surface area (Å²) in [6, 6.07) is 10.8. The number of aromatic nitrogens is 2. The lowest BCUT2D eigenvalue weighted by molar-refractivity contribution is -0.122. The predicted octanol–water partition coefficient (Wildman–Crippen LogP) is 2.45. The molecule has 1 aromatic heterocycles. The molecule has 1 fully saturated rings. The number of aromatic hydroxyl groups is 1. The first-order valence-corrected chi connectivity index (χ1v) is 12.2. The predicted molar refractivity (Wildman–Crippen MR) is 141 cm³/mol. The van der Waals surface area contributed by atoms with Crippen LogP contribution in [0, 0.1) is 6.92 Å². The number of amides is 2. The van der Waals surface area contributed by atoms with Crippen LogP contribution in [0.3, 0.4) is 0 Å². The van der Waals surface area contributed by atoms with Crippen LogP contribution in [-0.4, -0.2) is 44.4 Å². The number of rotatable bonds is 7. The zero-order chi connectivity index (χ0) is 26.7. The van der Waals surface area contributed by atoms with E-state index in [1.165, 1.54) is 13.2 Å². The largest absolute Gasteiger partial charge is 0.495 e. The molecule has 2 amide bonds. The average molecular weight is 544 g/mol. The molecule has 37 heavy (non-hydrogen) atoms. The normalized spacial score (nSPS) is 16.9. The third-order valence-electron chi connectivity index (χ3n) is 5.45. The number of aryl methyl sites for hydroxylation is 1. The van der Waals surface area contributed by atoms with Crippen molar-refractivity contribution in [1.29, 1.82) is 0 Å². The second-order valence-corrected chi connectivity index (χ2v) is 9.74. The van der Waals surface area contributed by atoms with Gasteiger partial charge in [0.15, 0.2) is 5.17 Å². The van der Waals surface area contributed by atoms with E-state index in [0.29, 0.717) is 22.0 Å². The van der Waals surface area contributed by atoms with Crippen LogP contribution in [0.2, 0.25) is 5.02 Å². The highest BCUT2D eigenvalue weighted by atomic mass is 35.5. The molecule has 5 N–H and O–H groups in total. The molecule has 2 heterocycles. The molecular formula is C24H22ClN5O6S. The van der Waals surface area contributed by atoms with Crippen LogP contribution >= 0.6 is 23.4 Å². The fourth-order valence-electron chi connectivity index (χ4n) is 3.66. The van der Waals surface area contributed by atoms with Crippen molar-refractivity contribution in [3.63, 3.8) is 0 Å². The number of H-pyrrole nitrogens is 2. The number of anilines is 1. The molecule has 1 aliphatic heterocycles. The minimum Gasteiger partial charge on any atom is -0.495 e. The molecule has 13 heteroatoms. The Morgan fingerprint density at radius 3 is 2.59 bits per heavy atom. The Morgan fingerprint density at radius 1 is 1.19 bits per heavy atom. The number of carbonyl (C=O) groups is 2. The Labute approximate surface area is 219 Å². The Morgan fingerprint density at radius 2 is 1.92 bits per heavy atom. The van der Waals surface area contributed by atoms with Gasteiger partial charge >= 0.3 is 5.69 Å². The third kappa shape index (κ3) is 6.04. The summed E-state index contributed by atoms with van der Waals surface area (Å²) in [6.07, 6.45) is -0.176. The van der Waals surface area contributed by atoms with E-state index in [1.54, 1.807) is 36.4 Å². The third-order valence-corrected chi connectivity index (χ3v) is 6.79. The number of hydrogen-bond acceptors (Lipinski definition) is 8. The number of aromatic amines is 2. The molecule has 0 saturated carbocycles. The SMILES string of the molecule is COc1ccc(Cl)cc1NC(=O)CC1SC(=NC(c2ccc(C)cc2)c2c(O)[nH]c(=O)[nH]c2=O)NC1=O. The van der Waals surface area contributed by atoms with Crippen molar-refractivity contribution in [2.75, 3.05) is 12.4 Å². The van der Waals surface area contributed by atoms with Crippen molar-refractivity contribution >= 4 is 46.0 Å². The van der Waals surface area contributed by atoms with Gasteiger partial charge in [0.1, 0.15) is 22.6 Å². The standard InChI is InChI=1S/C24H22ClN5O6S/c1-11-3-5-12(6-4-11)19(18-21(33)28-23(35)29-22(18)34)27-24-30-20(32)16(37-24)10-17(31)26-14-9-13(25)7-8-15(14)36-2/h3-9,16,19H,10H2,1-2H3,(H,26,31)(H,27,30,32)(H3,28,29,33,34,35). The second kappa shape index (κ2) is 10.9. The van der Waals surface area contributed by atoms with Crippen molar-refractivity contribution < 1.29 is 19.4 Å². The van der Waals surface area contributed by atoms with E-state index >= 15 is 0 Å². The first kappa shape index (κ1) is 26.0. The number of hydrogen-bond donors (Lipinski definition) is 5. The maximum atomic E-state index is 12.7. The smallest absolute Gasteiger partial charge is 0.328 e. The van der Waals surface area contributed by atoms with Crippen LogP contribution in [0.4, 0.5) is 5.69 Å². The summed E-state index contributed by atoms with van der Waals surface area (Å²) >= 11 is 7.02. The van der Waals surface area contributed by atoms with Gasteiger partial charge < -0.3 is 20.5 Å². The summed E-state index contributed by atoms with van der Waals surface area (Å²) < 4.78 is 5.22. The molecule has 2 aromatic carbocycles. The second-order valence-electron chi connectivity index (χ2n) is 8.11. The number of ether oxygens (including phenoxy) is 1. The monoisotopic (exact) mass is 543 g/mol. The molecule has 11 nitrogen and oxygen atoms in total. The molecule has 4 rings (SSSR count). The Balaban J connectivity index is 1.59. The molecule has 2 unspecified atom stereocenters. The highest BCUT2D eigenvalue weighted by molar-refractivity contribution is 8.15. The maximum absolute atomic E-state index is 12.7. The summed E-state index contributed by atoms with van der Waals surface area (Å²) in [4.78, 5) is 58.2. The fourth-order valence-corrected chi connectivity index (χ4v) is 4.83. The van der Waals surface area contributed by atoms with E-state index < -0.39 is 40.2 Å². The van der Waals surface area contributed by atoms with E-state index in [4.69, 9.17) is 16.3 Å². The maximum Gasteiger partial charge on any atom is 0.328 e. The van der Waals surface area contributed by atoms with Crippen molar-refractivity contribution in [2.45, 2.75) is 24.6 Å². The zero-order valence-electron chi connectivity index (χ0n) is 19.6. The van der Waals surface area contributed by atoms with Gasteiger partial charge in [-0.3, -0.25) is 24.4 Å². The fraction of sp³-hybridized carbons (Fsp3) is 0.208. The summed E-state index contributed by atoms with van der Waals surface area (Å²) in [7, 11) is 1.46. The first-order chi connectivity index (χ1) is 17.6. The quantitative estimate of drug-likeness (QED) is 0.305. The highest BCUT2D eigenvalue weighted by Crippen LogP contribution is 2.32. The van der Waals surface area contributed by atoms with E-state index in [1.807, 2.05) is 6.92 Å². The van der Waals surface area contributed by atoms with Crippen molar-refractivity contribution in [2.24, 2.45) is 4.99 Å². The van der Waals surface area contributed by atoms with Gasteiger partial charge in [-0.25, -0.2) is 9.79 Å². The van der Waals surface area contributed by atoms with E-state index in [-0.39, 0.29) is 17.2 Å². The van der Waals surface area contributed by atoms with Crippen LogP contribution in [0.25, 0.3) is 0 Å². The summed E-state index contributed by atoms with van der Waals surface area (Å²) in [5, 5.41) is 15.4. The topological polar surface area (TPSA) is 166 Å². The van der Waals surface area contributed by atoms with Crippen LogP contribution in [0.15, 0.2) is 57.0 Å². The average Bonchev–Trinajstić information content (AvgIpc) is 3.16. The summed E-state index contributed by atoms with van der Waals surface area (Å²) in [5.74, 6) is -1.11. The van der Waals surface area contributed by atoms with Crippen molar-refractivity contribution in [3.05, 3.63) is 85.0 Å². The number of amidine groups is 1. The number of benzene rings is 2. The van der Waals surface area contributed by atoms with E-state index in [0.717, 1.165) is 17.3 Å². The van der Waals surface area contributed by atoms with E-state index in [9.17, 15) is 24.3 Å². The lowest BCUT2D eigenvalue weighted by atomic mass is 10.00. The number of nitrogens with one attached hydrogen (secondary N) is 4. The first-order valence-electron chi connectivity index (χ1n) is 11.0. The van der Waals surface area contributed by atoms with Crippen LogP contribution < -0.4 is 26.6 Å². The van der Waals surface area contributed by atoms with Crippen LogP contribution in [0.5, 0.6) is 11.6 Å². The van der Waals surface area contributed by atoms with Gasteiger partial charge in [-0.05, 0) is 30.7 Å². The van der Waals surface area contributed by atoms with Gasteiger partial charge in [-0.1, -0.05) is 53.2 Å². The number of nitrogens with zero attached hydrogens (tertiary/aromatic N) is 1. The van der Waals surface area contributed by atoms with Gasteiger partial charge in [-0.15, -0.1) is 0 Å². The Bertz CT molecular complexity index is 1500. The molecule has 0 spiro atoms. The van der Waals surface area contributed by atoms with Gasteiger partial charge in [0.2, 0.25) is 17.7 Å². The number of methoxy groups -OCH3 is 1. The number of carbonyl (C=O) groups excluding carboxylic acids is 2. The van der Waals surface area contributed by atoms with Gasteiger partial charge in [0.25, 0.3) is 5.56 Å². The van der Waals surface area contributed by atoms with Gasteiger partial charge in [0.05, 0.1) is 12.8 Å².